The second-order valence-electron chi connectivity index (χ2n) is 4.20. The van der Waals surface area contributed by atoms with Gasteiger partial charge in [0, 0.05) is 32.5 Å². The van der Waals surface area contributed by atoms with Gasteiger partial charge in [0.1, 0.15) is 15.7 Å². The average Bonchev–Trinajstić information content (AvgIpc) is 2.48. The molecule has 1 aromatic heterocycles. The van der Waals surface area contributed by atoms with Gasteiger partial charge >= 0.3 is 0 Å². The Morgan fingerprint density at radius 3 is 2.53 bits per heavy atom. The van der Waals surface area contributed by atoms with Crippen molar-refractivity contribution in [1.82, 2.24) is 9.78 Å². The second kappa shape index (κ2) is 5.27. The molecule has 1 rings (SSSR count). The first-order chi connectivity index (χ1) is 7.76. The number of alkyl halides is 1. The highest BCUT2D eigenvalue weighted by Gasteiger charge is 2.16. The van der Waals surface area contributed by atoms with Crippen LogP contribution in [0.2, 0.25) is 0 Å². The van der Waals surface area contributed by atoms with E-state index in [0.29, 0.717) is 12.4 Å². The van der Waals surface area contributed by atoms with Crippen LogP contribution in [0, 0.1) is 6.92 Å². The van der Waals surface area contributed by atoms with Gasteiger partial charge in [0.25, 0.3) is 0 Å². The molecule has 0 aliphatic heterocycles. The second-order valence-corrected chi connectivity index (χ2v) is 6.72. The molecule has 0 N–H and O–H groups in total. The lowest BCUT2D eigenvalue weighted by molar-refractivity contribution is 0.600. The molecule has 5 nitrogen and oxygen atoms in total. The first-order valence-corrected chi connectivity index (χ1v) is 7.83. The normalized spacial score (nSPS) is 11.8. The van der Waals surface area contributed by atoms with E-state index in [2.05, 4.69) is 5.10 Å². The smallest absolute Gasteiger partial charge is 0.149 e. The fourth-order valence-corrected chi connectivity index (χ4v) is 2.65. The van der Waals surface area contributed by atoms with Gasteiger partial charge in [0.2, 0.25) is 0 Å². The van der Waals surface area contributed by atoms with Crippen LogP contribution in [-0.2, 0) is 22.8 Å². The average molecular weight is 280 g/mol. The van der Waals surface area contributed by atoms with Gasteiger partial charge in [-0.25, -0.2) is 8.42 Å². The van der Waals surface area contributed by atoms with E-state index in [1.54, 1.807) is 4.68 Å². The fourth-order valence-electron chi connectivity index (χ4n) is 1.73. The number of hydrogen-bond acceptors (Lipinski definition) is 4. The van der Waals surface area contributed by atoms with Crippen molar-refractivity contribution in [1.29, 1.82) is 0 Å². The molecule has 98 valence electrons. The van der Waals surface area contributed by atoms with Crippen LogP contribution in [0.3, 0.4) is 0 Å². The summed E-state index contributed by atoms with van der Waals surface area (Å²) < 4.78 is 24.0. The van der Waals surface area contributed by atoms with Crippen LogP contribution >= 0.6 is 11.6 Å². The molecule has 0 spiro atoms. The van der Waals surface area contributed by atoms with Crippen molar-refractivity contribution in [2.75, 3.05) is 30.5 Å². The van der Waals surface area contributed by atoms with Crippen molar-refractivity contribution in [3.63, 3.8) is 0 Å². The lowest BCUT2D eigenvalue weighted by Gasteiger charge is -2.20. The van der Waals surface area contributed by atoms with Gasteiger partial charge < -0.3 is 4.90 Å². The highest BCUT2D eigenvalue weighted by molar-refractivity contribution is 7.90. The van der Waals surface area contributed by atoms with E-state index in [1.165, 1.54) is 6.26 Å². The number of rotatable bonds is 5. The third-order valence-corrected chi connectivity index (χ3v) is 3.80. The van der Waals surface area contributed by atoms with Gasteiger partial charge in [-0.1, -0.05) is 0 Å². The lowest BCUT2D eigenvalue weighted by atomic mass is 10.2. The third kappa shape index (κ3) is 3.61. The molecule has 17 heavy (non-hydrogen) atoms. The lowest BCUT2D eigenvalue weighted by Crippen LogP contribution is -2.27. The molecule has 0 aromatic carbocycles. The zero-order valence-corrected chi connectivity index (χ0v) is 12.1. The third-order valence-electron chi connectivity index (χ3n) is 2.61. The quantitative estimate of drug-likeness (QED) is 0.753. The van der Waals surface area contributed by atoms with Gasteiger partial charge in [0.15, 0.2) is 0 Å². The van der Waals surface area contributed by atoms with Crippen molar-refractivity contribution in [2.24, 2.45) is 7.05 Å². The van der Waals surface area contributed by atoms with Crippen molar-refractivity contribution in [3.05, 3.63) is 11.3 Å². The maximum atomic E-state index is 11.1. The number of nitrogens with zero attached hydrogens (tertiary/aromatic N) is 3. The summed E-state index contributed by atoms with van der Waals surface area (Å²) in [5.41, 5.74) is 1.83. The van der Waals surface area contributed by atoms with Crippen LogP contribution < -0.4 is 4.90 Å². The minimum atomic E-state index is -2.96. The molecular formula is C10H18ClN3O2S. The Kier molecular flexibility index (Phi) is 4.43. The first kappa shape index (κ1) is 14.3. The molecule has 0 aliphatic carbocycles. The molecule has 1 heterocycles. The standard InChI is InChI=1S/C10H18ClN3O2S/c1-8-9(7-11)10(14(3)12-8)13(2)5-6-17(4,15)16/h5-7H2,1-4H3. The predicted octanol–water partition coefficient (Wildman–Crippen LogP) is 0.948. The first-order valence-electron chi connectivity index (χ1n) is 5.23. The Balaban J connectivity index is 2.92. The van der Waals surface area contributed by atoms with E-state index in [4.69, 9.17) is 11.6 Å². The molecular weight excluding hydrogens is 262 g/mol. The highest BCUT2D eigenvalue weighted by atomic mass is 35.5. The predicted molar refractivity (Wildman–Crippen MR) is 70.5 cm³/mol. The molecule has 0 radical (unpaired) electrons. The number of sulfone groups is 1. The van der Waals surface area contributed by atoms with Gasteiger partial charge in [-0.2, -0.15) is 5.10 Å². The number of aromatic nitrogens is 2. The molecule has 0 aliphatic rings. The Bertz CT molecular complexity index is 496. The molecule has 7 heteroatoms. The van der Waals surface area contributed by atoms with Gasteiger partial charge in [-0.3, -0.25) is 4.68 Å². The summed E-state index contributed by atoms with van der Waals surface area (Å²) in [5, 5.41) is 4.29. The summed E-state index contributed by atoms with van der Waals surface area (Å²) in [7, 11) is 0.716. The SMILES string of the molecule is Cc1nn(C)c(N(C)CCS(C)(=O)=O)c1CCl. The summed E-state index contributed by atoms with van der Waals surface area (Å²) in [6.07, 6.45) is 1.23. The largest absolute Gasteiger partial charge is 0.359 e. The van der Waals surface area contributed by atoms with Crippen LogP contribution in [0.15, 0.2) is 0 Å². The van der Waals surface area contributed by atoms with Crippen LogP contribution in [-0.4, -0.2) is 43.8 Å². The van der Waals surface area contributed by atoms with E-state index in [9.17, 15) is 8.42 Å². The fraction of sp³-hybridized carbons (Fsp3) is 0.700. The minimum Gasteiger partial charge on any atom is -0.359 e. The molecule has 0 bridgehead atoms. The van der Waals surface area contributed by atoms with Crippen molar-refractivity contribution in [3.8, 4) is 0 Å². The Morgan fingerprint density at radius 1 is 1.47 bits per heavy atom. The number of halogens is 1. The van der Waals surface area contributed by atoms with Crippen LogP contribution in [0.1, 0.15) is 11.3 Å². The molecule has 0 saturated heterocycles. The van der Waals surface area contributed by atoms with Crippen molar-refractivity contribution < 1.29 is 8.42 Å². The molecule has 0 amide bonds. The summed E-state index contributed by atoms with van der Waals surface area (Å²) in [6, 6.07) is 0. The molecule has 1 aromatic rings. The Morgan fingerprint density at radius 2 is 2.06 bits per heavy atom. The maximum Gasteiger partial charge on any atom is 0.149 e. The zero-order chi connectivity index (χ0) is 13.2. The molecule has 0 fully saturated rings. The molecule has 0 unspecified atom stereocenters. The number of anilines is 1. The van der Waals surface area contributed by atoms with E-state index < -0.39 is 9.84 Å². The van der Waals surface area contributed by atoms with Crippen molar-refractivity contribution >= 4 is 27.3 Å². The Labute approximate surface area is 107 Å². The highest BCUT2D eigenvalue weighted by Crippen LogP contribution is 2.23. The summed E-state index contributed by atoms with van der Waals surface area (Å²) in [6.45, 7) is 2.33. The van der Waals surface area contributed by atoms with Crippen molar-refractivity contribution in [2.45, 2.75) is 12.8 Å². The minimum absolute atomic E-state index is 0.120. The van der Waals surface area contributed by atoms with Gasteiger partial charge in [0.05, 0.1) is 17.3 Å². The summed E-state index contributed by atoms with van der Waals surface area (Å²) in [4.78, 5) is 1.87. The van der Waals surface area contributed by atoms with E-state index in [0.717, 1.165) is 17.1 Å². The van der Waals surface area contributed by atoms with Crippen LogP contribution in [0.5, 0.6) is 0 Å². The topological polar surface area (TPSA) is 55.2 Å². The van der Waals surface area contributed by atoms with Gasteiger partial charge in [-0.05, 0) is 6.92 Å². The molecule has 0 atom stereocenters. The van der Waals surface area contributed by atoms with Crippen LogP contribution in [0.25, 0.3) is 0 Å². The van der Waals surface area contributed by atoms with Gasteiger partial charge in [-0.15, -0.1) is 11.6 Å². The van der Waals surface area contributed by atoms with E-state index in [-0.39, 0.29) is 5.75 Å². The molecule has 0 saturated carbocycles. The monoisotopic (exact) mass is 279 g/mol. The zero-order valence-electron chi connectivity index (χ0n) is 10.6. The van der Waals surface area contributed by atoms with Crippen LogP contribution in [0.4, 0.5) is 5.82 Å². The maximum absolute atomic E-state index is 11.1. The van der Waals surface area contributed by atoms with E-state index in [1.807, 2.05) is 25.9 Å². The summed E-state index contributed by atoms with van der Waals surface area (Å²) >= 11 is 5.89. The summed E-state index contributed by atoms with van der Waals surface area (Å²) in [5.74, 6) is 1.37. The number of aryl methyl sites for hydroxylation is 2. The Hall–Kier alpha value is -0.750. The van der Waals surface area contributed by atoms with E-state index >= 15 is 0 Å². The number of hydrogen-bond donors (Lipinski definition) is 0.